The molecule has 68 valence electrons. The first-order valence-corrected chi connectivity index (χ1v) is 4.55. The van der Waals surface area contributed by atoms with E-state index in [1.807, 2.05) is 6.92 Å². The molecule has 0 unspecified atom stereocenters. The second-order valence-corrected chi connectivity index (χ2v) is 3.34. The number of rotatable bonds is 1. The van der Waals surface area contributed by atoms with Gasteiger partial charge in [0.2, 0.25) is 0 Å². The number of nitrogens with one attached hydrogen (secondary N) is 1. The number of fused-ring (bicyclic) bond motifs is 1. The first kappa shape index (κ1) is 8.57. The molecule has 1 heterocycles. The molecule has 0 atom stereocenters. The zero-order valence-corrected chi connectivity index (χ0v) is 7.95. The third-order valence-corrected chi connectivity index (χ3v) is 2.55. The van der Waals surface area contributed by atoms with E-state index in [2.05, 4.69) is 4.98 Å². The third kappa shape index (κ3) is 1.31. The molecule has 2 rings (SSSR count). The fraction of sp³-hybridized carbons (Fsp3) is 0.200. The number of hydrogen-bond acceptors (Lipinski definition) is 0. The molecule has 0 saturated heterocycles. The summed E-state index contributed by atoms with van der Waals surface area (Å²) in [5, 5.41) is 1.40. The summed E-state index contributed by atoms with van der Waals surface area (Å²) in [5.41, 5.74) is 1.85. The Labute approximate surface area is 80.5 Å². The van der Waals surface area contributed by atoms with Gasteiger partial charge < -0.3 is 4.98 Å². The van der Waals surface area contributed by atoms with E-state index in [9.17, 15) is 4.39 Å². The summed E-state index contributed by atoms with van der Waals surface area (Å²) in [4.78, 5) is 3.14. The van der Waals surface area contributed by atoms with Crippen molar-refractivity contribution >= 4 is 22.5 Å². The van der Waals surface area contributed by atoms with E-state index >= 15 is 0 Å². The molecule has 0 amide bonds. The molecule has 0 aliphatic rings. The summed E-state index contributed by atoms with van der Waals surface area (Å²) in [6.07, 6.45) is 0.829. The highest BCUT2D eigenvalue weighted by Gasteiger charge is 2.07. The van der Waals surface area contributed by atoms with Crippen molar-refractivity contribution in [2.45, 2.75) is 13.3 Å². The van der Waals surface area contributed by atoms with Crippen molar-refractivity contribution in [3.63, 3.8) is 0 Å². The summed E-state index contributed by atoms with van der Waals surface area (Å²) in [5.74, 6) is -0.254. The van der Waals surface area contributed by atoms with Gasteiger partial charge in [-0.05, 0) is 24.6 Å². The molecule has 0 aliphatic heterocycles. The smallest absolute Gasteiger partial charge is 0.124 e. The predicted molar refractivity (Wildman–Crippen MR) is 52.6 cm³/mol. The minimum atomic E-state index is -0.254. The lowest BCUT2D eigenvalue weighted by Gasteiger charge is -1.90. The van der Waals surface area contributed by atoms with Crippen LogP contribution in [0.3, 0.4) is 0 Å². The lowest BCUT2D eigenvalue weighted by Crippen LogP contribution is -1.77. The average Bonchev–Trinajstić information content (AvgIpc) is 2.44. The van der Waals surface area contributed by atoms with Crippen LogP contribution in [-0.2, 0) is 6.42 Å². The van der Waals surface area contributed by atoms with Crippen LogP contribution in [0, 0.1) is 5.82 Å². The van der Waals surface area contributed by atoms with Crippen LogP contribution in [0.4, 0.5) is 4.39 Å². The largest absolute Gasteiger partial charge is 0.357 e. The summed E-state index contributed by atoms with van der Waals surface area (Å²) in [6.45, 7) is 2.01. The molecule has 0 fully saturated rings. The molecule has 0 bridgehead atoms. The minimum Gasteiger partial charge on any atom is -0.357 e. The van der Waals surface area contributed by atoms with Gasteiger partial charge >= 0.3 is 0 Å². The predicted octanol–water partition coefficient (Wildman–Crippen LogP) is 3.52. The van der Waals surface area contributed by atoms with Crippen LogP contribution in [0.1, 0.15) is 12.6 Å². The molecular weight excluding hydrogens is 189 g/mol. The van der Waals surface area contributed by atoms with Crippen molar-refractivity contribution in [1.29, 1.82) is 0 Å². The van der Waals surface area contributed by atoms with Gasteiger partial charge in [-0.2, -0.15) is 0 Å². The molecule has 1 N–H and O–H groups in total. The molecule has 3 heteroatoms. The maximum absolute atomic E-state index is 12.9. The van der Waals surface area contributed by atoms with Crippen molar-refractivity contribution < 1.29 is 4.39 Å². The number of aromatic amines is 1. The lowest BCUT2D eigenvalue weighted by molar-refractivity contribution is 0.630. The summed E-state index contributed by atoms with van der Waals surface area (Å²) in [7, 11) is 0. The maximum atomic E-state index is 12.9. The van der Waals surface area contributed by atoms with Crippen molar-refractivity contribution in [2.75, 3.05) is 0 Å². The molecule has 0 aliphatic carbocycles. The molecular formula is C10H9ClFN. The summed E-state index contributed by atoms with van der Waals surface area (Å²) in [6, 6.07) is 4.58. The van der Waals surface area contributed by atoms with E-state index in [0.717, 1.165) is 23.0 Å². The fourth-order valence-corrected chi connectivity index (χ4v) is 1.77. The zero-order valence-electron chi connectivity index (χ0n) is 7.20. The van der Waals surface area contributed by atoms with Gasteiger partial charge in [0.1, 0.15) is 5.82 Å². The number of benzene rings is 1. The number of aryl methyl sites for hydroxylation is 1. The van der Waals surface area contributed by atoms with E-state index in [1.165, 1.54) is 12.1 Å². The number of halogens is 2. The molecule has 0 radical (unpaired) electrons. The van der Waals surface area contributed by atoms with Gasteiger partial charge in [-0.15, -0.1) is 0 Å². The molecule has 13 heavy (non-hydrogen) atoms. The first-order chi connectivity index (χ1) is 6.22. The monoisotopic (exact) mass is 197 g/mol. The highest BCUT2D eigenvalue weighted by atomic mass is 35.5. The van der Waals surface area contributed by atoms with Crippen LogP contribution >= 0.6 is 11.6 Å². The van der Waals surface area contributed by atoms with Gasteiger partial charge in [0.05, 0.1) is 5.02 Å². The zero-order chi connectivity index (χ0) is 9.42. The van der Waals surface area contributed by atoms with Gasteiger partial charge in [-0.3, -0.25) is 0 Å². The molecule has 1 aromatic heterocycles. The Morgan fingerprint density at radius 1 is 1.46 bits per heavy atom. The molecule has 0 saturated carbocycles. The molecule has 2 aromatic rings. The Morgan fingerprint density at radius 3 is 2.92 bits per heavy atom. The van der Waals surface area contributed by atoms with E-state index in [4.69, 9.17) is 11.6 Å². The van der Waals surface area contributed by atoms with E-state index in [-0.39, 0.29) is 5.82 Å². The van der Waals surface area contributed by atoms with Crippen LogP contribution < -0.4 is 0 Å². The van der Waals surface area contributed by atoms with Crippen LogP contribution in [0.25, 0.3) is 10.9 Å². The van der Waals surface area contributed by atoms with Crippen molar-refractivity contribution in [2.24, 2.45) is 0 Å². The Bertz CT molecular complexity index is 447. The third-order valence-electron chi connectivity index (χ3n) is 2.12. The standard InChI is InChI=1S/C10H9ClFN/c1-2-8-10(11)7-5-6(12)3-4-9(7)13-8/h3-5,13H,2H2,1H3. The number of hydrogen-bond donors (Lipinski definition) is 1. The van der Waals surface area contributed by atoms with Crippen molar-refractivity contribution in [3.05, 3.63) is 34.7 Å². The molecule has 1 nitrogen and oxygen atoms in total. The van der Waals surface area contributed by atoms with Crippen LogP contribution in [0.5, 0.6) is 0 Å². The summed E-state index contributed by atoms with van der Waals surface area (Å²) >= 11 is 6.03. The second-order valence-electron chi connectivity index (χ2n) is 2.96. The van der Waals surface area contributed by atoms with E-state index in [1.54, 1.807) is 6.07 Å². The second kappa shape index (κ2) is 3.04. The normalized spacial score (nSPS) is 11.0. The SMILES string of the molecule is CCc1[nH]c2ccc(F)cc2c1Cl. The Balaban J connectivity index is 2.77. The van der Waals surface area contributed by atoms with Crippen LogP contribution in [0.15, 0.2) is 18.2 Å². The van der Waals surface area contributed by atoms with Gasteiger partial charge in [0, 0.05) is 16.6 Å². The number of aromatic nitrogens is 1. The van der Waals surface area contributed by atoms with Crippen LogP contribution in [-0.4, -0.2) is 4.98 Å². The quantitative estimate of drug-likeness (QED) is 0.720. The van der Waals surface area contributed by atoms with Gasteiger partial charge in [-0.1, -0.05) is 18.5 Å². The topological polar surface area (TPSA) is 15.8 Å². The highest BCUT2D eigenvalue weighted by molar-refractivity contribution is 6.36. The van der Waals surface area contributed by atoms with Crippen LogP contribution in [0.2, 0.25) is 5.02 Å². The Morgan fingerprint density at radius 2 is 2.23 bits per heavy atom. The van der Waals surface area contributed by atoms with Gasteiger partial charge in [0.15, 0.2) is 0 Å². The highest BCUT2D eigenvalue weighted by Crippen LogP contribution is 2.28. The van der Waals surface area contributed by atoms with E-state index in [0.29, 0.717) is 5.02 Å². The maximum Gasteiger partial charge on any atom is 0.124 e. The molecule has 0 spiro atoms. The Kier molecular flexibility index (Phi) is 2.00. The summed E-state index contributed by atoms with van der Waals surface area (Å²) < 4.78 is 12.9. The first-order valence-electron chi connectivity index (χ1n) is 4.18. The number of H-pyrrole nitrogens is 1. The van der Waals surface area contributed by atoms with Crippen molar-refractivity contribution in [3.8, 4) is 0 Å². The minimum absolute atomic E-state index is 0.254. The van der Waals surface area contributed by atoms with Gasteiger partial charge in [0.25, 0.3) is 0 Å². The van der Waals surface area contributed by atoms with Crippen molar-refractivity contribution in [1.82, 2.24) is 4.98 Å². The van der Waals surface area contributed by atoms with Gasteiger partial charge in [-0.25, -0.2) is 4.39 Å². The molecule has 1 aromatic carbocycles. The Hall–Kier alpha value is -1.02. The van der Waals surface area contributed by atoms with E-state index < -0.39 is 0 Å². The average molecular weight is 198 g/mol. The lowest BCUT2D eigenvalue weighted by atomic mass is 10.2. The fourth-order valence-electron chi connectivity index (χ4n) is 1.43.